The standard InChI is InChI=1S/C13H20N10/c14-5-1-2-4(8(17)12(21)10(19)6(2)15)13(22,23)3(1)7(16)11(20)9(5)18/h14-23H2. The van der Waals surface area contributed by atoms with Crippen LogP contribution in [0.5, 0.6) is 0 Å². The highest BCUT2D eigenvalue weighted by atomic mass is 15.0. The van der Waals surface area contributed by atoms with Crippen molar-refractivity contribution in [2.24, 2.45) is 11.5 Å². The van der Waals surface area contributed by atoms with Gasteiger partial charge in [-0.25, -0.2) is 0 Å². The van der Waals surface area contributed by atoms with Crippen LogP contribution >= 0.6 is 0 Å². The first-order chi connectivity index (χ1) is 10.5. The zero-order valence-electron chi connectivity index (χ0n) is 12.3. The molecule has 10 nitrogen and oxygen atoms in total. The highest BCUT2D eigenvalue weighted by Gasteiger charge is 2.45. The first kappa shape index (κ1) is 14.7. The number of hydrogen-bond donors (Lipinski definition) is 10. The van der Waals surface area contributed by atoms with Crippen LogP contribution in [0.4, 0.5) is 45.5 Å². The second-order valence-corrected chi connectivity index (χ2v) is 5.68. The van der Waals surface area contributed by atoms with Gasteiger partial charge >= 0.3 is 0 Å². The Kier molecular flexibility index (Phi) is 2.52. The van der Waals surface area contributed by atoms with E-state index in [-0.39, 0.29) is 45.5 Å². The smallest absolute Gasteiger partial charge is 0.122 e. The fourth-order valence-corrected chi connectivity index (χ4v) is 3.16. The molecule has 1 aliphatic carbocycles. The topological polar surface area (TPSA) is 260 Å². The first-order valence-corrected chi connectivity index (χ1v) is 6.64. The Balaban J connectivity index is 2.63. The molecule has 0 aliphatic heterocycles. The Morgan fingerprint density at radius 3 is 0.957 bits per heavy atom. The molecular weight excluding hydrogens is 296 g/mol. The fourth-order valence-electron chi connectivity index (χ4n) is 3.16. The predicted octanol–water partition coefficient (Wildman–Crippen LogP) is -1.56. The molecule has 2 aromatic carbocycles. The SMILES string of the molecule is Nc1c(N)c(N)c2c(c1N)-c1c(N)c(N)c(N)c(N)c1C2(N)N. The number of fused-ring (bicyclic) bond motifs is 3. The minimum atomic E-state index is -1.59. The van der Waals surface area contributed by atoms with Gasteiger partial charge in [0.2, 0.25) is 0 Å². The lowest BCUT2D eigenvalue weighted by Crippen LogP contribution is -2.46. The molecule has 23 heavy (non-hydrogen) atoms. The number of nitrogen functional groups attached to an aromatic ring is 8. The summed E-state index contributed by atoms with van der Waals surface area (Å²) in [5, 5.41) is 0. The fraction of sp³-hybridized carbons (Fsp3) is 0.0769. The molecule has 1 aliphatic rings. The molecule has 10 heteroatoms. The first-order valence-electron chi connectivity index (χ1n) is 6.64. The maximum atomic E-state index is 6.29. The van der Waals surface area contributed by atoms with Crippen LogP contribution in [-0.4, -0.2) is 0 Å². The van der Waals surface area contributed by atoms with Crippen LogP contribution in [0.3, 0.4) is 0 Å². The van der Waals surface area contributed by atoms with E-state index in [9.17, 15) is 0 Å². The van der Waals surface area contributed by atoms with Crippen LogP contribution in [0.25, 0.3) is 11.1 Å². The molecule has 122 valence electrons. The van der Waals surface area contributed by atoms with Crippen molar-refractivity contribution in [1.29, 1.82) is 0 Å². The lowest BCUT2D eigenvalue weighted by molar-refractivity contribution is 0.589. The van der Waals surface area contributed by atoms with Gasteiger partial charge in [0.1, 0.15) is 5.66 Å². The normalized spacial score (nSPS) is 14.5. The molecule has 0 amide bonds. The largest absolute Gasteiger partial charge is 0.397 e. The molecule has 20 N–H and O–H groups in total. The van der Waals surface area contributed by atoms with Crippen molar-refractivity contribution in [3.63, 3.8) is 0 Å². The molecule has 0 bridgehead atoms. The van der Waals surface area contributed by atoms with E-state index in [4.69, 9.17) is 57.3 Å². The average Bonchev–Trinajstić information content (AvgIpc) is 2.74. The van der Waals surface area contributed by atoms with E-state index in [1.54, 1.807) is 0 Å². The van der Waals surface area contributed by atoms with Crippen molar-refractivity contribution in [2.45, 2.75) is 5.66 Å². The monoisotopic (exact) mass is 316 g/mol. The van der Waals surface area contributed by atoms with Crippen LogP contribution in [0, 0.1) is 0 Å². The Morgan fingerprint density at radius 1 is 0.391 bits per heavy atom. The van der Waals surface area contributed by atoms with Gasteiger partial charge in [-0.05, 0) is 0 Å². The van der Waals surface area contributed by atoms with Crippen molar-refractivity contribution >= 4 is 45.5 Å². The molecule has 0 atom stereocenters. The van der Waals surface area contributed by atoms with Crippen LogP contribution in [0.1, 0.15) is 11.1 Å². The molecule has 0 spiro atoms. The number of nitrogens with two attached hydrogens (primary N) is 10. The van der Waals surface area contributed by atoms with E-state index in [2.05, 4.69) is 0 Å². The highest BCUT2D eigenvalue weighted by Crippen LogP contribution is 2.58. The van der Waals surface area contributed by atoms with E-state index in [0.29, 0.717) is 22.3 Å². The third-order valence-electron chi connectivity index (χ3n) is 4.40. The third kappa shape index (κ3) is 1.43. The molecule has 0 heterocycles. The minimum Gasteiger partial charge on any atom is -0.397 e. The van der Waals surface area contributed by atoms with E-state index in [1.807, 2.05) is 0 Å². The van der Waals surface area contributed by atoms with Gasteiger partial charge in [0.15, 0.2) is 0 Å². The van der Waals surface area contributed by atoms with Gasteiger partial charge in [0.25, 0.3) is 0 Å². The summed E-state index contributed by atoms with van der Waals surface area (Å²) in [6.07, 6.45) is 0. The molecule has 0 radical (unpaired) electrons. The van der Waals surface area contributed by atoms with Gasteiger partial charge in [0, 0.05) is 22.3 Å². The summed E-state index contributed by atoms with van der Waals surface area (Å²) < 4.78 is 0. The van der Waals surface area contributed by atoms with Crippen LogP contribution in [-0.2, 0) is 5.66 Å². The maximum absolute atomic E-state index is 6.29. The van der Waals surface area contributed by atoms with Gasteiger partial charge in [-0.2, -0.15) is 0 Å². The summed E-state index contributed by atoms with van der Waals surface area (Å²) in [6, 6.07) is 0. The van der Waals surface area contributed by atoms with Gasteiger partial charge in [-0.1, -0.05) is 0 Å². The van der Waals surface area contributed by atoms with E-state index >= 15 is 0 Å². The van der Waals surface area contributed by atoms with Crippen molar-refractivity contribution in [3.8, 4) is 11.1 Å². The minimum absolute atomic E-state index is 0.0902. The second kappa shape index (κ2) is 3.94. The number of benzene rings is 2. The molecule has 0 saturated carbocycles. The lowest BCUT2D eigenvalue weighted by Gasteiger charge is -2.26. The molecule has 0 fully saturated rings. The Labute approximate surface area is 131 Å². The summed E-state index contributed by atoms with van der Waals surface area (Å²) in [5.74, 6) is 0. The summed E-state index contributed by atoms with van der Waals surface area (Å²) in [6.45, 7) is 0. The van der Waals surface area contributed by atoms with Gasteiger partial charge in [-0.3, -0.25) is 0 Å². The zero-order chi connectivity index (χ0) is 17.4. The highest BCUT2D eigenvalue weighted by molar-refractivity contribution is 6.11. The van der Waals surface area contributed by atoms with E-state index < -0.39 is 5.66 Å². The van der Waals surface area contributed by atoms with Crippen molar-refractivity contribution < 1.29 is 0 Å². The summed E-state index contributed by atoms with van der Waals surface area (Å²) >= 11 is 0. The number of anilines is 8. The predicted molar refractivity (Wildman–Crippen MR) is 96.3 cm³/mol. The molecule has 3 rings (SSSR count). The Bertz CT molecular complexity index is 812. The molecule has 0 aromatic heterocycles. The quantitative estimate of drug-likeness (QED) is 0.197. The van der Waals surface area contributed by atoms with Gasteiger partial charge in [-0.15, -0.1) is 0 Å². The zero-order valence-corrected chi connectivity index (χ0v) is 12.3. The van der Waals surface area contributed by atoms with E-state index in [1.165, 1.54) is 0 Å². The Morgan fingerprint density at radius 2 is 0.652 bits per heavy atom. The van der Waals surface area contributed by atoms with Crippen LogP contribution in [0.15, 0.2) is 0 Å². The van der Waals surface area contributed by atoms with Crippen LogP contribution in [0.2, 0.25) is 0 Å². The van der Waals surface area contributed by atoms with Crippen molar-refractivity contribution in [3.05, 3.63) is 11.1 Å². The summed E-state index contributed by atoms with van der Waals surface area (Å²) in [4.78, 5) is 0. The summed E-state index contributed by atoms with van der Waals surface area (Å²) in [7, 11) is 0. The second-order valence-electron chi connectivity index (χ2n) is 5.68. The molecule has 0 unspecified atom stereocenters. The third-order valence-corrected chi connectivity index (χ3v) is 4.40. The van der Waals surface area contributed by atoms with E-state index in [0.717, 1.165) is 0 Å². The number of rotatable bonds is 0. The molecular formula is C13H20N10. The summed E-state index contributed by atoms with van der Waals surface area (Å²) in [5.41, 5.74) is 61.2. The van der Waals surface area contributed by atoms with Crippen LogP contribution < -0.4 is 57.3 Å². The molecule has 2 aromatic rings. The Hall–Kier alpha value is -3.24. The van der Waals surface area contributed by atoms with Gasteiger partial charge < -0.3 is 57.3 Å². The maximum Gasteiger partial charge on any atom is 0.122 e. The lowest BCUT2D eigenvalue weighted by atomic mass is 9.94. The number of hydrogen-bond acceptors (Lipinski definition) is 10. The van der Waals surface area contributed by atoms with Crippen molar-refractivity contribution in [2.75, 3.05) is 45.9 Å². The average molecular weight is 316 g/mol. The van der Waals surface area contributed by atoms with Crippen molar-refractivity contribution in [1.82, 2.24) is 0 Å². The van der Waals surface area contributed by atoms with Gasteiger partial charge in [0.05, 0.1) is 45.5 Å². The molecule has 0 saturated heterocycles.